The Morgan fingerprint density at radius 1 is 1.20 bits per heavy atom. The second-order valence-electron chi connectivity index (χ2n) is 5.98. The molecule has 0 aromatic carbocycles. The molecule has 2 aliphatic rings. The Morgan fingerprint density at radius 3 is 2.30 bits per heavy atom. The van der Waals surface area contributed by atoms with E-state index in [1.807, 2.05) is 13.8 Å². The minimum Gasteiger partial charge on any atom is -0.340 e. The highest BCUT2D eigenvalue weighted by molar-refractivity contribution is 6.02. The fourth-order valence-electron chi connectivity index (χ4n) is 3.77. The van der Waals surface area contributed by atoms with Gasteiger partial charge in [0.05, 0.1) is 6.67 Å². The van der Waals surface area contributed by atoms with Crippen LogP contribution in [0.25, 0.3) is 0 Å². The number of carbonyl (C=O) groups excluding carboxylic acids is 2. The summed E-state index contributed by atoms with van der Waals surface area (Å²) in [5, 5.41) is 3.02. The number of hydrogen-bond acceptors (Lipinski definition) is 2. The average Bonchev–Trinajstić information content (AvgIpc) is 2.91. The molecule has 1 N–H and O–H groups in total. The summed E-state index contributed by atoms with van der Waals surface area (Å²) >= 11 is 0. The van der Waals surface area contributed by atoms with E-state index in [0.717, 1.165) is 12.8 Å². The lowest BCUT2D eigenvalue weighted by molar-refractivity contribution is -0.164. The van der Waals surface area contributed by atoms with Crippen molar-refractivity contribution in [1.82, 2.24) is 10.2 Å². The van der Waals surface area contributed by atoms with Crippen LogP contribution in [0.5, 0.6) is 0 Å². The lowest BCUT2D eigenvalue weighted by Crippen LogP contribution is -2.75. The largest absolute Gasteiger partial charge is 0.340 e. The van der Waals surface area contributed by atoms with Crippen molar-refractivity contribution in [3.63, 3.8) is 0 Å². The van der Waals surface area contributed by atoms with Crippen molar-refractivity contribution in [1.29, 1.82) is 0 Å². The zero-order chi connectivity index (χ0) is 14.8. The van der Waals surface area contributed by atoms with E-state index in [9.17, 15) is 14.0 Å². The Morgan fingerprint density at radius 2 is 1.80 bits per heavy atom. The van der Waals surface area contributed by atoms with E-state index in [0.29, 0.717) is 38.6 Å². The Bertz CT molecular complexity index is 387. The normalized spacial score (nSPS) is 24.2. The van der Waals surface area contributed by atoms with Gasteiger partial charge in [-0.25, -0.2) is 0 Å². The number of alkyl halides is 1. The van der Waals surface area contributed by atoms with Gasteiger partial charge in [-0.3, -0.25) is 14.0 Å². The fourth-order valence-corrected chi connectivity index (χ4v) is 3.77. The second kappa shape index (κ2) is 5.70. The molecule has 0 radical (unpaired) electrons. The van der Waals surface area contributed by atoms with E-state index < -0.39 is 17.8 Å². The molecule has 5 heteroatoms. The Balaban J connectivity index is 2.35. The maximum atomic E-state index is 12.9. The van der Waals surface area contributed by atoms with Crippen LogP contribution in [0.2, 0.25) is 0 Å². The molecule has 0 aromatic rings. The standard InChI is InChI=1S/C15H25FN2O2/c1-3-15(4-2)12(19)17-14(8-5-6-9-14)13(20)18(15)11-7-10-16/h3-11H2,1-2H3,(H,17,19). The third-order valence-corrected chi connectivity index (χ3v) is 5.09. The van der Waals surface area contributed by atoms with E-state index in [2.05, 4.69) is 5.32 Å². The van der Waals surface area contributed by atoms with Gasteiger partial charge >= 0.3 is 0 Å². The van der Waals surface area contributed by atoms with Gasteiger partial charge in [0.25, 0.3) is 0 Å². The van der Waals surface area contributed by atoms with E-state index in [4.69, 9.17) is 0 Å². The van der Waals surface area contributed by atoms with Crippen molar-refractivity contribution in [3.05, 3.63) is 0 Å². The number of halogens is 1. The molecule has 1 aliphatic carbocycles. The zero-order valence-electron chi connectivity index (χ0n) is 12.5. The zero-order valence-corrected chi connectivity index (χ0v) is 12.5. The van der Waals surface area contributed by atoms with Crippen LogP contribution in [-0.2, 0) is 9.59 Å². The SMILES string of the molecule is CCC1(CC)C(=O)NC2(CCCC2)C(=O)N1CCCF. The van der Waals surface area contributed by atoms with Crippen LogP contribution in [0.3, 0.4) is 0 Å². The van der Waals surface area contributed by atoms with E-state index >= 15 is 0 Å². The number of nitrogens with zero attached hydrogens (tertiary/aromatic N) is 1. The first kappa shape index (κ1) is 15.3. The molecule has 4 nitrogen and oxygen atoms in total. The lowest BCUT2D eigenvalue weighted by atomic mass is 9.80. The summed E-state index contributed by atoms with van der Waals surface area (Å²) in [6, 6.07) is 0. The minimum absolute atomic E-state index is 0.00625. The molecule has 2 fully saturated rings. The van der Waals surface area contributed by atoms with Gasteiger partial charge in [0.1, 0.15) is 11.1 Å². The molecule has 2 rings (SSSR count). The molecule has 0 bridgehead atoms. The smallest absolute Gasteiger partial charge is 0.249 e. The number of piperazine rings is 1. The van der Waals surface area contributed by atoms with Crippen LogP contribution < -0.4 is 5.32 Å². The van der Waals surface area contributed by atoms with E-state index in [1.54, 1.807) is 4.90 Å². The van der Waals surface area contributed by atoms with Crippen molar-refractivity contribution >= 4 is 11.8 Å². The summed E-state index contributed by atoms with van der Waals surface area (Å²) in [6.07, 6.45) is 4.81. The first-order valence-electron chi connectivity index (χ1n) is 7.77. The molecule has 0 unspecified atom stereocenters. The van der Waals surface area contributed by atoms with Gasteiger partial charge in [-0.2, -0.15) is 0 Å². The highest BCUT2D eigenvalue weighted by Gasteiger charge is 2.57. The molecule has 0 atom stereocenters. The highest BCUT2D eigenvalue weighted by atomic mass is 19.1. The second-order valence-corrected chi connectivity index (χ2v) is 5.98. The van der Waals surface area contributed by atoms with Gasteiger partial charge < -0.3 is 10.2 Å². The van der Waals surface area contributed by atoms with Gasteiger partial charge in [-0.1, -0.05) is 26.7 Å². The summed E-state index contributed by atoms with van der Waals surface area (Å²) in [5.74, 6) is -0.0467. The topological polar surface area (TPSA) is 49.4 Å². The van der Waals surface area contributed by atoms with Gasteiger partial charge in [-0.15, -0.1) is 0 Å². The first-order valence-corrected chi connectivity index (χ1v) is 7.77. The summed E-state index contributed by atoms with van der Waals surface area (Å²) in [7, 11) is 0. The molecule has 1 saturated carbocycles. The van der Waals surface area contributed by atoms with E-state index in [1.165, 1.54) is 0 Å². The van der Waals surface area contributed by atoms with Crippen LogP contribution in [-0.4, -0.2) is 41.0 Å². The third kappa shape index (κ3) is 2.11. The summed E-state index contributed by atoms with van der Waals surface area (Å²) in [6.45, 7) is 3.73. The molecule has 1 spiro atoms. The predicted octanol–water partition coefficient (Wildman–Crippen LogP) is 2.18. The molecule has 0 aromatic heterocycles. The summed E-state index contributed by atoms with van der Waals surface area (Å²) < 4.78 is 12.6. The van der Waals surface area contributed by atoms with Gasteiger partial charge in [0.15, 0.2) is 0 Å². The number of hydrogen-bond donors (Lipinski definition) is 1. The molecule has 114 valence electrons. The fraction of sp³-hybridized carbons (Fsp3) is 0.867. The van der Waals surface area contributed by atoms with Crippen molar-refractivity contribution in [2.75, 3.05) is 13.2 Å². The van der Waals surface area contributed by atoms with Crippen LogP contribution in [0.1, 0.15) is 58.8 Å². The Hall–Kier alpha value is -1.13. The number of rotatable bonds is 5. The number of carbonyl (C=O) groups is 2. The Kier molecular flexibility index (Phi) is 4.35. The van der Waals surface area contributed by atoms with E-state index in [-0.39, 0.29) is 11.8 Å². The summed E-state index contributed by atoms with van der Waals surface area (Å²) in [4.78, 5) is 27.3. The minimum atomic E-state index is -0.792. The molecular formula is C15H25FN2O2. The van der Waals surface area contributed by atoms with Crippen LogP contribution in [0.15, 0.2) is 0 Å². The average molecular weight is 284 g/mol. The Labute approximate surface area is 120 Å². The van der Waals surface area contributed by atoms with Crippen molar-refractivity contribution in [2.45, 2.75) is 69.9 Å². The quantitative estimate of drug-likeness (QED) is 0.841. The number of nitrogens with one attached hydrogen (secondary N) is 1. The number of amides is 2. The van der Waals surface area contributed by atoms with Gasteiger partial charge in [-0.05, 0) is 32.1 Å². The monoisotopic (exact) mass is 284 g/mol. The molecule has 20 heavy (non-hydrogen) atoms. The molecule has 1 saturated heterocycles. The van der Waals surface area contributed by atoms with Crippen molar-refractivity contribution < 1.29 is 14.0 Å². The van der Waals surface area contributed by atoms with Crippen molar-refractivity contribution in [3.8, 4) is 0 Å². The van der Waals surface area contributed by atoms with Crippen LogP contribution in [0, 0.1) is 0 Å². The third-order valence-electron chi connectivity index (χ3n) is 5.09. The molecule has 1 heterocycles. The predicted molar refractivity (Wildman–Crippen MR) is 75.0 cm³/mol. The summed E-state index contributed by atoms with van der Waals surface area (Å²) in [5.41, 5.74) is -1.50. The molecular weight excluding hydrogens is 259 g/mol. The van der Waals surface area contributed by atoms with Gasteiger partial charge in [0.2, 0.25) is 11.8 Å². The lowest BCUT2D eigenvalue weighted by Gasteiger charge is -2.51. The first-order chi connectivity index (χ1) is 9.56. The molecule has 2 amide bonds. The van der Waals surface area contributed by atoms with Gasteiger partial charge in [0, 0.05) is 6.54 Å². The maximum Gasteiger partial charge on any atom is 0.249 e. The van der Waals surface area contributed by atoms with Crippen LogP contribution in [0.4, 0.5) is 4.39 Å². The molecule has 1 aliphatic heterocycles. The maximum absolute atomic E-state index is 12.9. The van der Waals surface area contributed by atoms with Crippen LogP contribution >= 0.6 is 0 Å². The highest BCUT2D eigenvalue weighted by Crippen LogP contribution is 2.39. The van der Waals surface area contributed by atoms with Crippen molar-refractivity contribution in [2.24, 2.45) is 0 Å².